The minimum Gasteiger partial charge on any atom is -0.0988 e. The van der Waals surface area contributed by atoms with E-state index in [0.717, 1.165) is 0 Å². The second kappa shape index (κ2) is 10.5. The van der Waals surface area contributed by atoms with E-state index in [0.29, 0.717) is 0 Å². The maximum absolute atomic E-state index is 4.60. The molecule has 0 radical (unpaired) electrons. The van der Waals surface area contributed by atoms with Crippen LogP contribution in [0.15, 0.2) is 0 Å². The Morgan fingerprint density at radius 3 is 2.33 bits per heavy atom. The van der Waals surface area contributed by atoms with E-state index < -0.39 is 0 Å². The zero-order valence-electron chi connectivity index (χ0n) is 3.88. The van der Waals surface area contributed by atoms with Crippen molar-refractivity contribution in [3.05, 3.63) is 0 Å². The molecule has 54 valence electrons. The van der Waals surface area contributed by atoms with Gasteiger partial charge >= 0.3 is 0 Å². The first-order valence-corrected chi connectivity index (χ1v) is 10.6. The van der Waals surface area contributed by atoms with Gasteiger partial charge in [-0.1, -0.05) is 23.9 Å². The van der Waals surface area contributed by atoms with E-state index in [9.17, 15) is 0 Å². The van der Waals surface area contributed by atoms with Gasteiger partial charge in [-0.15, -0.1) is 0 Å². The van der Waals surface area contributed by atoms with Crippen LogP contribution in [0.4, 0.5) is 0 Å². The molecule has 0 saturated heterocycles. The summed E-state index contributed by atoms with van der Waals surface area (Å²) in [6, 6.07) is 0. The average molecular weight is 271 g/mol. The Balaban J connectivity index is 2.66. The van der Waals surface area contributed by atoms with Crippen LogP contribution in [-0.2, 0) is 0 Å². The van der Waals surface area contributed by atoms with E-state index in [2.05, 4.69) is 23.9 Å². The molecule has 0 rings (SSSR count). The number of hydrogen-bond acceptors (Lipinski definition) is 8. The van der Waals surface area contributed by atoms with Gasteiger partial charge in [-0.25, -0.2) is 0 Å². The smallest absolute Gasteiger partial charge is 0.0460 e. The van der Waals surface area contributed by atoms with Crippen molar-refractivity contribution in [2.75, 3.05) is 0 Å². The highest BCUT2D eigenvalue weighted by atomic mass is 33.9. The molecule has 0 unspecified atom stereocenters. The Morgan fingerprint density at radius 2 is 1.78 bits per heavy atom. The monoisotopic (exact) mass is 270 g/mol. The summed E-state index contributed by atoms with van der Waals surface area (Å²) in [4.78, 5) is 0. The van der Waals surface area contributed by atoms with Crippen molar-refractivity contribution in [3.63, 3.8) is 0 Å². The summed E-state index contributed by atoms with van der Waals surface area (Å²) in [6.45, 7) is 0. The summed E-state index contributed by atoms with van der Waals surface area (Å²) in [6.07, 6.45) is 0. The molecule has 9 heavy (non-hydrogen) atoms. The molecule has 0 fully saturated rings. The third-order valence-corrected chi connectivity index (χ3v) is 11.3. The normalized spacial score (nSPS) is 9.44. The van der Waals surface area contributed by atoms with E-state index in [4.69, 9.17) is 0 Å². The van der Waals surface area contributed by atoms with Crippen LogP contribution in [0, 0.1) is 0 Å². The molecule has 0 nitrogen and oxygen atoms in total. The quantitative estimate of drug-likeness (QED) is 0.316. The standard InChI is InChI=1S/CH2S8/c2-1-4-6-8-9-7-5-3/h1,3H. The molecule has 0 aliphatic carbocycles. The zero-order chi connectivity index (χ0) is 6.95. The van der Waals surface area contributed by atoms with Crippen molar-refractivity contribution >= 4 is 88.5 Å². The average Bonchev–Trinajstić information content (AvgIpc) is 1.89. The molecular formula is CH2S8. The molecule has 0 atom stereocenters. The van der Waals surface area contributed by atoms with Crippen LogP contribution >= 0.6 is 83.8 Å². The molecule has 0 aliphatic rings. The highest BCUT2D eigenvalue weighted by molar-refractivity contribution is 9.45. The highest BCUT2D eigenvalue weighted by Crippen LogP contribution is 2.52. The van der Waals surface area contributed by atoms with Crippen molar-refractivity contribution < 1.29 is 0 Å². The minimum atomic E-state index is 1.45. The lowest BCUT2D eigenvalue weighted by molar-refractivity contribution is 4.48. The predicted octanol–water partition coefficient (Wildman–Crippen LogP) is 4.76. The first-order chi connectivity index (χ1) is 4.41. The van der Waals surface area contributed by atoms with Crippen LogP contribution in [0.3, 0.4) is 0 Å². The highest BCUT2D eigenvalue weighted by Gasteiger charge is 1.88. The summed E-state index contributed by atoms with van der Waals surface area (Å²) in [5, 5.41) is 0. The van der Waals surface area contributed by atoms with E-state index in [1.807, 2.05) is 0 Å². The lowest BCUT2D eigenvalue weighted by atomic mass is 11.9. The van der Waals surface area contributed by atoms with Crippen LogP contribution in [0.5, 0.6) is 0 Å². The Bertz CT molecular complexity index is 59.6. The Labute approximate surface area is 87.4 Å². The zero-order valence-corrected chi connectivity index (χ0v) is 10.5. The summed E-state index contributed by atoms with van der Waals surface area (Å²) in [5.41, 5.74) is 0. The molecule has 0 N–H and O–H groups in total. The van der Waals surface area contributed by atoms with Crippen LogP contribution in [0.1, 0.15) is 0 Å². The summed E-state index contributed by atoms with van der Waals surface area (Å²) >= 11 is 8.54. The first kappa shape index (κ1) is 11.5. The van der Waals surface area contributed by atoms with Gasteiger partial charge in [0.05, 0.1) is 0 Å². The van der Waals surface area contributed by atoms with Crippen molar-refractivity contribution in [1.82, 2.24) is 0 Å². The Hall–Kier alpha value is 2.54. The second-order valence-electron chi connectivity index (χ2n) is 0.539. The van der Waals surface area contributed by atoms with Crippen LogP contribution in [0.25, 0.3) is 0 Å². The van der Waals surface area contributed by atoms with Crippen molar-refractivity contribution in [2.45, 2.75) is 0 Å². The van der Waals surface area contributed by atoms with Gasteiger partial charge in [-0.05, 0) is 59.9 Å². The van der Waals surface area contributed by atoms with E-state index in [1.165, 1.54) is 9.83 Å². The second-order valence-corrected chi connectivity index (χ2v) is 11.1. The topological polar surface area (TPSA) is 0 Å². The van der Waals surface area contributed by atoms with Gasteiger partial charge in [0.15, 0.2) is 0 Å². The molecule has 0 bridgehead atoms. The summed E-state index contributed by atoms with van der Waals surface area (Å²) < 4.78 is 1.65. The largest absolute Gasteiger partial charge is 0.0988 e. The number of rotatable bonds is 6. The number of thiocarbonyl (C=S) groups is 1. The van der Waals surface area contributed by atoms with E-state index >= 15 is 0 Å². The van der Waals surface area contributed by atoms with Crippen molar-refractivity contribution in [1.29, 1.82) is 0 Å². The fourth-order valence-electron chi connectivity index (χ4n) is 0.0672. The van der Waals surface area contributed by atoms with Gasteiger partial charge in [0, 0.05) is 4.70 Å². The van der Waals surface area contributed by atoms with Gasteiger partial charge in [-0.2, -0.15) is 0 Å². The Kier molecular flexibility index (Phi) is 13.5. The van der Waals surface area contributed by atoms with Gasteiger partial charge in [-0.3, -0.25) is 0 Å². The minimum absolute atomic E-state index is 1.45. The Morgan fingerprint density at radius 1 is 1.11 bits per heavy atom. The van der Waals surface area contributed by atoms with Gasteiger partial charge in [0.2, 0.25) is 0 Å². The molecule has 0 saturated carbocycles. The van der Waals surface area contributed by atoms with Crippen LogP contribution in [0.2, 0.25) is 0 Å². The molecule has 0 aliphatic heterocycles. The predicted molar refractivity (Wildman–Crippen MR) is 68.2 cm³/mol. The van der Waals surface area contributed by atoms with Gasteiger partial charge in [0.25, 0.3) is 0 Å². The van der Waals surface area contributed by atoms with Gasteiger partial charge in [0.1, 0.15) is 0 Å². The number of hydrogen-bond donors (Lipinski definition) is 1. The molecular weight excluding hydrogens is 269 g/mol. The number of thiol groups is 1. The first-order valence-electron chi connectivity index (χ1n) is 1.49. The third kappa shape index (κ3) is 10.5. The fraction of sp³-hybridized carbons (Fsp3) is 0. The third-order valence-electron chi connectivity index (χ3n) is 0.192. The molecule has 0 aromatic rings. The summed E-state index contributed by atoms with van der Waals surface area (Å²) in [5.74, 6) is 0. The SMILES string of the molecule is S=CSSSSSSS. The molecule has 0 aromatic carbocycles. The summed E-state index contributed by atoms with van der Waals surface area (Å²) in [7, 11) is 9.70. The van der Waals surface area contributed by atoms with Crippen LogP contribution < -0.4 is 0 Å². The molecule has 0 spiro atoms. The van der Waals surface area contributed by atoms with E-state index in [-0.39, 0.29) is 0 Å². The molecule has 8 heteroatoms. The molecule has 0 amide bonds. The lowest BCUT2D eigenvalue weighted by Gasteiger charge is -1.90. The van der Waals surface area contributed by atoms with Crippen molar-refractivity contribution in [2.24, 2.45) is 0 Å². The lowest BCUT2D eigenvalue weighted by Crippen LogP contribution is -1.37. The molecule has 0 aromatic heterocycles. The van der Waals surface area contributed by atoms with E-state index in [1.54, 1.807) is 54.8 Å². The van der Waals surface area contributed by atoms with Crippen molar-refractivity contribution in [3.8, 4) is 0 Å². The maximum Gasteiger partial charge on any atom is 0.0460 e. The maximum atomic E-state index is 4.60. The fourth-order valence-corrected chi connectivity index (χ4v) is 11.1. The van der Waals surface area contributed by atoms with Crippen LogP contribution in [-0.4, -0.2) is 4.70 Å². The molecule has 0 heterocycles. The van der Waals surface area contributed by atoms with Gasteiger partial charge < -0.3 is 0 Å².